The molecule has 0 unspecified atom stereocenters. The second kappa shape index (κ2) is 5.36. The van der Waals surface area contributed by atoms with Crippen LogP contribution in [0.4, 0.5) is 0 Å². The lowest BCUT2D eigenvalue weighted by molar-refractivity contribution is -0.0306. The summed E-state index contributed by atoms with van der Waals surface area (Å²) >= 11 is 0. The Morgan fingerprint density at radius 2 is 2.11 bits per heavy atom. The lowest BCUT2D eigenvalue weighted by atomic mass is 9.96. The molecule has 0 fully saturated rings. The van der Waals surface area contributed by atoms with Crippen LogP contribution in [0.25, 0.3) is 11.6 Å². The van der Waals surface area contributed by atoms with E-state index in [0.717, 1.165) is 12.8 Å². The van der Waals surface area contributed by atoms with Gasteiger partial charge in [-0.05, 0) is 25.0 Å². The molecule has 2 heterocycles. The maximum atomic E-state index is 9.73. The molecule has 0 aliphatic carbocycles. The van der Waals surface area contributed by atoms with Crippen LogP contribution in [-0.2, 0) is 10.3 Å². The molecule has 0 saturated carbocycles. The molecule has 0 aliphatic rings. The molecule has 0 radical (unpaired) electrons. The molecule has 6 heteroatoms. The Morgan fingerprint density at radius 1 is 1.37 bits per heavy atom. The van der Waals surface area contributed by atoms with E-state index in [4.69, 9.17) is 9.26 Å². The van der Waals surface area contributed by atoms with Crippen LogP contribution in [0.15, 0.2) is 22.9 Å². The van der Waals surface area contributed by atoms with Gasteiger partial charge in [-0.2, -0.15) is 4.98 Å². The maximum Gasteiger partial charge on any atom is 0.280 e. The minimum absolute atomic E-state index is 0.00807. The summed E-state index contributed by atoms with van der Waals surface area (Å²) in [5.74, 6) is 0.671. The first kappa shape index (κ1) is 13.5. The van der Waals surface area contributed by atoms with Crippen molar-refractivity contribution < 1.29 is 14.4 Å². The fourth-order valence-corrected chi connectivity index (χ4v) is 2.01. The number of methoxy groups -OCH3 is 1. The van der Waals surface area contributed by atoms with Gasteiger partial charge >= 0.3 is 0 Å². The number of nitrogens with zero attached hydrogens (tertiary/aromatic N) is 3. The molecule has 0 saturated heterocycles. The zero-order valence-corrected chi connectivity index (χ0v) is 11.3. The van der Waals surface area contributed by atoms with Gasteiger partial charge in [-0.1, -0.05) is 19.0 Å². The van der Waals surface area contributed by atoms with Gasteiger partial charge < -0.3 is 14.4 Å². The van der Waals surface area contributed by atoms with Crippen molar-refractivity contribution in [1.29, 1.82) is 0 Å². The van der Waals surface area contributed by atoms with Gasteiger partial charge in [0, 0.05) is 13.3 Å². The van der Waals surface area contributed by atoms with Crippen LogP contribution in [-0.4, -0.2) is 27.3 Å². The largest absolute Gasteiger partial charge is 0.505 e. The van der Waals surface area contributed by atoms with Crippen LogP contribution >= 0.6 is 0 Å². The van der Waals surface area contributed by atoms with Crippen LogP contribution in [0.3, 0.4) is 0 Å². The number of pyridine rings is 1. The van der Waals surface area contributed by atoms with E-state index in [9.17, 15) is 5.11 Å². The molecule has 0 bridgehead atoms. The molecule has 0 atom stereocenters. The first-order chi connectivity index (χ1) is 9.16. The Hall–Kier alpha value is -1.95. The Bertz CT molecular complexity index is 541. The van der Waals surface area contributed by atoms with Crippen LogP contribution in [0.1, 0.15) is 32.5 Å². The number of aromatic nitrogens is 3. The van der Waals surface area contributed by atoms with Crippen molar-refractivity contribution in [3.05, 3.63) is 24.2 Å². The van der Waals surface area contributed by atoms with Crippen molar-refractivity contribution in [3.8, 4) is 17.3 Å². The van der Waals surface area contributed by atoms with Gasteiger partial charge in [0.05, 0.1) is 0 Å². The van der Waals surface area contributed by atoms with Crippen molar-refractivity contribution in [2.24, 2.45) is 0 Å². The monoisotopic (exact) mass is 263 g/mol. The van der Waals surface area contributed by atoms with E-state index < -0.39 is 5.60 Å². The van der Waals surface area contributed by atoms with Gasteiger partial charge in [0.2, 0.25) is 5.82 Å². The van der Waals surface area contributed by atoms with E-state index in [1.807, 2.05) is 13.8 Å². The highest BCUT2D eigenvalue weighted by Gasteiger charge is 2.34. The molecule has 2 aromatic rings. The van der Waals surface area contributed by atoms with Crippen molar-refractivity contribution in [2.75, 3.05) is 7.11 Å². The Labute approximate surface area is 111 Å². The smallest absolute Gasteiger partial charge is 0.280 e. The molecule has 2 rings (SSSR count). The quantitative estimate of drug-likeness (QED) is 0.892. The first-order valence-electron chi connectivity index (χ1n) is 6.20. The molecular weight excluding hydrogens is 246 g/mol. The van der Waals surface area contributed by atoms with Crippen molar-refractivity contribution >= 4 is 0 Å². The lowest BCUT2D eigenvalue weighted by Gasteiger charge is -2.25. The van der Waals surface area contributed by atoms with E-state index in [1.165, 1.54) is 6.07 Å². The zero-order valence-electron chi connectivity index (χ0n) is 11.3. The highest BCUT2D eigenvalue weighted by molar-refractivity contribution is 5.55. The van der Waals surface area contributed by atoms with Gasteiger partial charge in [-0.15, -0.1) is 0 Å². The molecule has 2 aromatic heterocycles. The van der Waals surface area contributed by atoms with Gasteiger partial charge in [-0.3, -0.25) is 0 Å². The van der Waals surface area contributed by atoms with Crippen LogP contribution in [0.5, 0.6) is 5.75 Å². The Balaban J connectivity index is 2.42. The summed E-state index contributed by atoms with van der Waals surface area (Å²) in [5, 5.41) is 13.7. The molecule has 6 nitrogen and oxygen atoms in total. The van der Waals surface area contributed by atoms with Gasteiger partial charge in [-0.25, -0.2) is 4.98 Å². The molecule has 19 heavy (non-hydrogen) atoms. The average Bonchev–Trinajstić information content (AvgIpc) is 2.92. The second-order valence-corrected chi connectivity index (χ2v) is 4.20. The average molecular weight is 263 g/mol. The zero-order chi connectivity index (χ0) is 13.9. The first-order valence-corrected chi connectivity index (χ1v) is 6.20. The lowest BCUT2D eigenvalue weighted by Crippen LogP contribution is -2.28. The van der Waals surface area contributed by atoms with E-state index in [-0.39, 0.29) is 17.3 Å². The van der Waals surface area contributed by atoms with Gasteiger partial charge in [0.1, 0.15) is 11.4 Å². The molecule has 0 aromatic carbocycles. The number of hydrogen-bond acceptors (Lipinski definition) is 6. The molecule has 0 aliphatic heterocycles. The van der Waals surface area contributed by atoms with Crippen molar-refractivity contribution in [1.82, 2.24) is 15.1 Å². The minimum atomic E-state index is -0.563. The molecule has 0 spiro atoms. The third-order valence-corrected chi connectivity index (χ3v) is 3.36. The van der Waals surface area contributed by atoms with Crippen molar-refractivity contribution in [2.45, 2.75) is 32.3 Å². The summed E-state index contributed by atoms with van der Waals surface area (Å²) in [7, 11) is 1.63. The molecule has 102 valence electrons. The predicted octanol–water partition coefficient (Wildman–Crippen LogP) is 2.50. The van der Waals surface area contributed by atoms with Crippen molar-refractivity contribution in [3.63, 3.8) is 0 Å². The standard InChI is InChI=1S/C13H17N3O3/c1-4-13(5-2,18-3)12-15-11(19-16-12)10-9(17)7-6-8-14-10/h6-8,17H,4-5H2,1-3H3. The molecular formula is C13H17N3O3. The third-order valence-electron chi connectivity index (χ3n) is 3.36. The van der Waals surface area contributed by atoms with Gasteiger partial charge in [0.15, 0.2) is 5.69 Å². The van der Waals surface area contributed by atoms with Crippen LogP contribution in [0.2, 0.25) is 0 Å². The fraction of sp³-hybridized carbons (Fsp3) is 0.462. The second-order valence-electron chi connectivity index (χ2n) is 4.20. The van der Waals surface area contributed by atoms with Crippen LogP contribution < -0.4 is 0 Å². The Kier molecular flexibility index (Phi) is 3.80. The highest BCUT2D eigenvalue weighted by Crippen LogP contribution is 2.32. The highest BCUT2D eigenvalue weighted by atomic mass is 16.5. The minimum Gasteiger partial charge on any atom is -0.505 e. The number of ether oxygens (including phenoxy) is 1. The normalized spacial score (nSPS) is 11.7. The summed E-state index contributed by atoms with van der Waals surface area (Å²) in [5.41, 5.74) is -0.287. The van der Waals surface area contributed by atoms with E-state index >= 15 is 0 Å². The number of rotatable bonds is 5. The van der Waals surface area contributed by atoms with Gasteiger partial charge in [0.25, 0.3) is 5.89 Å². The van der Waals surface area contributed by atoms with E-state index in [0.29, 0.717) is 5.82 Å². The predicted molar refractivity (Wildman–Crippen MR) is 68.5 cm³/mol. The SMILES string of the molecule is CCC(CC)(OC)c1noc(-c2ncccc2O)n1. The maximum absolute atomic E-state index is 9.73. The summed E-state index contributed by atoms with van der Waals surface area (Å²) in [6, 6.07) is 3.16. The topological polar surface area (TPSA) is 81.3 Å². The number of hydrogen-bond donors (Lipinski definition) is 1. The number of aromatic hydroxyl groups is 1. The fourth-order valence-electron chi connectivity index (χ4n) is 2.01. The summed E-state index contributed by atoms with van der Waals surface area (Å²) in [6.07, 6.45) is 3.02. The summed E-state index contributed by atoms with van der Waals surface area (Å²) in [6.45, 7) is 4.00. The molecule has 0 amide bonds. The molecule has 1 N–H and O–H groups in total. The third kappa shape index (κ3) is 2.31. The van der Waals surface area contributed by atoms with E-state index in [2.05, 4.69) is 15.1 Å². The summed E-state index contributed by atoms with van der Waals surface area (Å²) in [4.78, 5) is 8.34. The Morgan fingerprint density at radius 3 is 2.68 bits per heavy atom. The summed E-state index contributed by atoms with van der Waals surface area (Å²) < 4.78 is 10.7. The van der Waals surface area contributed by atoms with E-state index in [1.54, 1.807) is 19.4 Å². The van der Waals surface area contributed by atoms with Crippen LogP contribution in [0, 0.1) is 0 Å².